The SMILES string of the molecule is COc1ccc(C(=O)OC/C=C/Cl)cc1. The predicted molar refractivity (Wildman–Crippen MR) is 58.3 cm³/mol. The van der Waals surface area contributed by atoms with Crippen LogP contribution in [0.2, 0.25) is 0 Å². The summed E-state index contributed by atoms with van der Waals surface area (Å²) in [6.07, 6.45) is 1.54. The van der Waals surface area contributed by atoms with Gasteiger partial charge in [-0.15, -0.1) is 0 Å². The summed E-state index contributed by atoms with van der Waals surface area (Å²) in [5.41, 5.74) is 1.79. The Morgan fingerprint density at radius 1 is 1.40 bits per heavy atom. The normalized spacial score (nSPS) is 10.3. The molecule has 3 nitrogen and oxygen atoms in total. The lowest BCUT2D eigenvalue weighted by atomic mass is 10.2. The molecule has 1 aromatic rings. The second-order valence-corrected chi connectivity index (χ2v) is 2.94. The standard InChI is InChI=1S/C11H11ClO3/c1-14-10-5-3-9(4-6-10)11(13)15-8-2-7-12/h2-7H,8H2,1H3/b7-2+. The van der Waals surface area contributed by atoms with Crippen molar-refractivity contribution >= 4 is 17.6 Å². The van der Waals surface area contributed by atoms with Crippen LogP contribution in [0.5, 0.6) is 5.75 Å². The highest BCUT2D eigenvalue weighted by atomic mass is 35.5. The highest BCUT2D eigenvalue weighted by Gasteiger charge is 2.05. The lowest BCUT2D eigenvalue weighted by Crippen LogP contribution is -2.04. The number of benzene rings is 1. The Kier molecular flexibility index (Phi) is 4.71. The largest absolute Gasteiger partial charge is 0.497 e. The maximum absolute atomic E-state index is 11.4. The van der Waals surface area contributed by atoms with Gasteiger partial charge < -0.3 is 9.47 Å². The molecule has 0 atom stereocenters. The molecule has 0 radical (unpaired) electrons. The van der Waals surface area contributed by atoms with Crippen molar-refractivity contribution in [2.45, 2.75) is 0 Å². The van der Waals surface area contributed by atoms with E-state index in [1.807, 2.05) is 0 Å². The topological polar surface area (TPSA) is 35.5 Å². The third-order valence-corrected chi connectivity index (χ3v) is 1.90. The van der Waals surface area contributed by atoms with E-state index in [4.69, 9.17) is 21.1 Å². The van der Waals surface area contributed by atoms with Gasteiger partial charge in [0.1, 0.15) is 12.4 Å². The minimum absolute atomic E-state index is 0.175. The Morgan fingerprint density at radius 3 is 2.60 bits per heavy atom. The first kappa shape index (κ1) is 11.6. The summed E-state index contributed by atoms with van der Waals surface area (Å²) < 4.78 is 9.86. The number of halogens is 1. The van der Waals surface area contributed by atoms with E-state index in [0.717, 1.165) is 0 Å². The van der Waals surface area contributed by atoms with Gasteiger partial charge in [-0.1, -0.05) is 11.6 Å². The van der Waals surface area contributed by atoms with Crippen LogP contribution in [0, 0.1) is 0 Å². The molecule has 0 spiro atoms. The summed E-state index contributed by atoms with van der Waals surface area (Å²) in [5.74, 6) is 0.319. The molecule has 0 unspecified atom stereocenters. The monoisotopic (exact) mass is 226 g/mol. The van der Waals surface area contributed by atoms with Gasteiger partial charge >= 0.3 is 5.97 Å². The zero-order valence-electron chi connectivity index (χ0n) is 8.27. The van der Waals surface area contributed by atoms with Crippen molar-refractivity contribution in [1.29, 1.82) is 0 Å². The summed E-state index contributed by atoms with van der Waals surface area (Å²) >= 11 is 5.28. The second kappa shape index (κ2) is 6.09. The van der Waals surface area contributed by atoms with Crippen LogP contribution in [0.15, 0.2) is 35.9 Å². The van der Waals surface area contributed by atoms with E-state index in [1.54, 1.807) is 37.5 Å². The first-order valence-electron chi connectivity index (χ1n) is 4.34. The third kappa shape index (κ3) is 3.64. The van der Waals surface area contributed by atoms with Crippen LogP contribution in [-0.4, -0.2) is 19.7 Å². The van der Waals surface area contributed by atoms with E-state index in [9.17, 15) is 4.79 Å². The van der Waals surface area contributed by atoms with Crippen molar-refractivity contribution in [2.75, 3.05) is 13.7 Å². The second-order valence-electron chi connectivity index (χ2n) is 2.69. The number of carbonyl (C=O) groups excluding carboxylic acids is 1. The smallest absolute Gasteiger partial charge is 0.338 e. The molecule has 4 heteroatoms. The molecule has 0 aliphatic carbocycles. The number of esters is 1. The van der Waals surface area contributed by atoms with Gasteiger partial charge in [-0.2, -0.15) is 0 Å². The summed E-state index contributed by atoms with van der Waals surface area (Å²) in [5, 5.41) is 0. The molecule has 0 aliphatic rings. The highest BCUT2D eigenvalue weighted by molar-refractivity contribution is 6.25. The molecule has 0 aromatic heterocycles. The average Bonchev–Trinajstić information content (AvgIpc) is 2.29. The predicted octanol–water partition coefficient (Wildman–Crippen LogP) is 2.60. The lowest BCUT2D eigenvalue weighted by Gasteiger charge is -2.03. The fourth-order valence-electron chi connectivity index (χ4n) is 0.971. The molecule has 0 heterocycles. The third-order valence-electron chi connectivity index (χ3n) is 1.73. The van der Waals surface area contributed by atoms with Gasteiger partial charge in [-0.05, 0) is 30.3 Å². The molecule has 0 bridgehead atoms. The fraction of sp³-hybridized carbons (Fsp3) is 0.182. The van der Waals surface area contributed by atoms with Crippen LogP contribution < -0.4 is 4.74 Å². The summed E-state index contributed by atoms with van der Waals surface area (Å²) in [7, 11) is 1.57. The molecular formula is C11H11ClO3. The number of carbonyl (C=O) groups is 1. The molecule has 1 aromatic carbocycles. The number of hydrogen-bond acceptors (Lipinski definition) is 3. The molecule has 0 aliphatic heterocycles. The molecular weight excluding hydrogens is 216 g/mol. The zero-order chi connectivity index (χ0) is 11.1. The van der Waals surface area contributed by atoms with Crippen molar-refractivity contribution in [3.05, 3.63) is 41.4 Å². The van der Waals surface area contributed by atoms with E-state index in [-0.39, 0.29) is 12.6 Å². The molecule has 80 valence electrons. The van der Waals surface area contributed by atoms with Crippen molar-refractivity contribution in [3.8, 4) is 5.75 Å². The van der Waals surface area contributed by atoms with Crippen LogP contribution in [0.3, 0.4) is 0 Å². The summed E-state index contributed by atoms with van der Waals surface area (Å²) in [6.45, 7) is 0.175. The maximum Gasteiger partial charge on any atom is 0.338 e. The molecule has 1 rings (SSSR count). The van der Waals surface area contributed by atoms with Gasteiger partial charge in [-0.3, -0.25) is 0 Å². The van der Waals surface area contributed by atoms with E-state index in [1.165, 1.54) is 5.54 Å². The highest BCUT2D eigenvalue weighted by Crippen LogP contribution is 2.11. The number of hydrogen-bond donors (Lipinski definition) is 0. The Bertz CT molecular complexity index is 343. The van der Waals surface area contributed by atoms with Crippen LogP contribution in [0.4, 0.5) is 0 Å². The molecule has 15 heavy (non-hydrogen) atoms. The van der Waals surface area contributed by atoms with Crippen molar-refractivity contribution in [2.24, 2.45) is 0 Å². The molecule has 0 saturated heterocycles. The fourth-order valence-corrected chi connectivity index (χ4v) is 1.04. The van der Waals surface area contributed by atoms with E-state index < -0.39 is 0 Å². The van der Waals surface area contributed by atoms with E-state index in [0.29, 0.717) is 11.3 Å². The van der Waals surface area contributed by atoms with Crippen LogP contribution in [-0.2, 0) is 4.74 Å². The first-order chi connectivity index (χ1) is 7.27. The molecule has 0 saturated carbocycles. The van der Waals surface area contributed by atoms with Crippen molar-refractivity contribution < 1.29 is 14.3 Å². The minimum Gasteiger partial charge on any atom is -0.497 e. The Labute approximate surface area is 93.3 Å². The van der Waals surface area contributed by atoms with Gasteiger partial charge in [0.2, 0.25) is 0 Å². The van der Waals surface area contributed by atoms with Gasteiger partial charge in [0, 0.05) is 5.54 Å². The Balaban J connectivity index is 2.58. The van der Waals surface area contributed by atoms with Crippen molar-refractivity contribution in [1.82, 2.24) is 0 Å². The Morgan fingerprint density at radius 2 is 2.07 bits per heavy atom. The van der Waals surface area contributed by atoms with Gasteiger partial charge in [0.15, 0.2) is 0 Å². The van der Waals surface area contributed by atoms with E-state index in [2.05, 4.69) is 0 Å². The number of methoxy groups -OCH3 is 1. The quantitative estimate of drug-likeness (QED) is 0.741. The summed E-state index contributed by atoms with van der Waals surface area (Å²) in [6, 6.07) is 6.69. The van der Waals surface area contributed by atoms with Crippen LogP contribution >= 0.6 is 11.6 Å². The van der Waals surface area contributed by atoms with Gasteiger partial charge in [-0.25, -0.2) is 4.79 Å². The van der Waals surface area contributed by atoms with Crippen molar-refractivity contribution in [3.63, 3.8) is 0 Å². The first-order valence-corrected chi connectivity index (χ1v) is 4.78. The molecule has 0 amide bonds. The lowest BCUT2D eigenvalue weighted by molar-refractivity contribution is 0.0549. The van der Waals surface area contributed by atoms with Gasteiger partial charge in [0.25, 0.3) is 0 Å². The zero-order valence-corrected chi connectivity index (χ0v) is 9.03. The number of ether oxygens (including phenoxy) is 2. The Hall–Kier alpha value is -1.48. The van der Waals surface area contributed by atoms with Gasteiger partial charge in [0.05, 0.1) is 12.7 Å². The molecule has 0 fully saturated rings. The average molecular weight is 227 g/mol. The van der Waals surface area contributed by atoms with E-state index >= 15 is 0 Å². The van der Waals surface area contributed by atoms with Crippen LogP contribution in [0.25, 0.3) is 0 Å². The van der Waals surface area contributed by atoms with Crippen LogP contribution in [0.1, 0.15) is 10.4 Å². The number of rotatable bonds is 4. The summed E-state index contributed by atoms with van der Waals surface area (Å²) in [4.78, 5) is 11.4. The maximum atomic E-state index is 11.4. The minimum atomic E-state index is -0.382. The molecule has 0 N–H and O–H groups in total.